The van der Waals surface area contributed by atoms with Crippen molar-refractivity contribution in [3.63, 3.8) is 0 Å². The van der Waals surface area contributed by atoms with Gasteiger partial charge in [0.2, 0.25) is 0 Å². The van der Waals surface area contributed by atoms with Gasteiger partial charge in [-0.25, -0.2) is 0 Å². The van der Waals surface area contributed by atoms with Crippen LogP contribution in [0.15, 0.2) is 0 Å². The highest BCUT2D eigenvalue weighted by molar-refractivity contribution is 5.81. The van der Waals surface area contributed by atoms with Gasteiger partial charge in [0.05, 0.1) is 0 Å². The van der Waals surface area contributed by atoms with E-state index in [2.05, 4.69) is 11.9 Å². The Morgan fingerprint density at radius 1 is 1.57 bits per heavy atom. The van der Waals surface area contributed by atoms with Gasteiger partial charge in [-0.3, -0.25) is 4.79 Å². The Kier molecular flexibility index (Phi) is 2.43. The van der Waals surface area contributed by atoms with Crippen LogP contribution in [0.4, 0.5) is 0 Å². The fraction of sp³-hybridized carbons (Fsp3) is 0.818. The average Bonchev–Trinajstić information content (AvgIpc) is 2.19. The number of rotatable bonds is 1. The first-order valence-corrected chi connectivity index (χ1v) is 5.33. The zero-order valence-corrected chi connectivity index (χ0v) is 8.66. The number of likely N-dealkylation sites (tertiary alicyclic amines) is 1. The van der Waals surface area contributed by atoms with Crippen LogP contribution < -0.4 is 0 Å². The van der Waals surface area contributed by atoms with Crippen LogP contribution in [0.5, 0.6) is 0 Å². The van der Waals surface area contributed by atoms with Gasteiger partial charge in [0, 0.05) is 24.8 Å². The molecular formula is C11H17NO2. The highest BCUT2D eigenvalue weighted by atomic mass is 16.1. The molecule has 1 saturated heterocycles. The van der Waals surface area contributed by atoms with E-state index in [0.29, 0.717) is 24.5 Å². The average molecular weight is 195 g/mol. The predicted octanol–water partition coefficient (Wildman–Crippen LogP) is 0.876. The van der Waals surface area contributed by atoms with Crippen molar-refractivity contribution >= 4 is 12.1 Å². The van der Waals surface area contributed by atoms with Crippen LogP contribution in [0.1, 0.15) is 25.7 Å². The highest BCUT2D eigenvalue weighted by Gasteiger charge is 2.45. The lowest BCUT2D eigenvalue weighted by Gasteiger charge is -2.46. The fourth-order valence-electron chi connectivity index (χ4n) is 2.90. The van der Waals surface area contributed by atoms with Crippen molar-refractivity contribution in [2.24, 2.45) is 11.3 Å². The van der Waals surface area contributed by atoms with Crippen molar-refractivity contribution in [2.45, 2.75) is 25.7 Å². The minimum absolute atomic E-state index is 0.207. The Balaban J connectivity index is 2.19. The van der Waals surface area contributed by atoms with Crippen molar-refractivity contribution in [2.75, 3.05) is 20.1 Å². The molecule has 0 unspecified atom stereocenters. The number of fused-ring (bicyclic) bond motifs is 1. The lowest BCUT2D eigenvalue weighted by atomic mass is 9.63. The maximum Gasteiger partial charge on any atom is 0.133 e. The first-order valence-electron chi connectivity index (χ1n) is 5.33. The van der Waals surface area contributed by atoms with Gasteiger partial charge in [-0.05, 0) is 32.4 Å². The van der Waals surface area contributed by atoms with Crippen LogP contribution in [-0.4, -0.2) is 37.1 Å². The first kappa shape index (κ1) is 9.84. The molecule has 2 fully saturated rings. The van der Waals surface area contributed by atoms with Crippen LogP contribution in [-0.2, 0) is 9.59 Å². The Hall–Kier alpha value is -0.700. The fourth-order valence-corrected chi connectivity index (χ4v) is 2.90. The van der Waals surface area contributed by atoms with E-state index in [9.17, 15) is 9.59 Å². The molecule has 1 aliphatic heterocycles. The molecule has 0 spiro atoms. The zero-order valence-electron chi connectivity index (χ0n) is 8.66. The molecule has 1 aliphatic carbocycles. The number of Topliss-reactive ketones (excluding diaryl/α,β-unsaturated/α-hetero) is 1. The zero-order chi connectivity index (χ0) is 10.2. The number of nitrogens with zero attached hydrogens (tertiary/aromatic N) is 1. The summed E-state index contributed by atoms with van der Waals surface area (Å²) in [6.45, 7) is 1.86. The van der Waals surface area contributed by atoms with E-state index in [1.807, 2.05) is 0 Å². The Labute approximate surface area is 84.5 Å². The van der Waals surface area contributed by atoms with Crippen LogP contribution in [0.2, 0.25) is 0 Å². The number of ketones is 1. The van der Waals surface area contributed by atoms with E-state index in [1.165, 1.54) is 0 Å². The lowest BCUT2D eigenvalue weighted by molar-refractivity contribution is -0.134. The summed E-state index contributed by atoms with van der Waals surface area (Å²) in [6.07, 6.45) is 4.11. The van der Waals surface area contributed by atoms with Crippen molar-refractivity contribution in [1.82, 2.24) is 4.90 Å². The van der Waals surface area contributed by atoms with Crippen molar-refractivity contribution in [1.29, 1.82) is 0 Å². The van der Waals surface area contributed by atoms with Gasteiger partial charge in [0.15, 0.2) is 0 Å². The summed E-state index contributed by atoms with van der Waals surface area (Å²) in [6, 6.07) is 0. The van der Waals surface area contributed by atoms with E-state index < -0.39 is 0 Å². The summed E-state index contributed by atoms with van der Waals surface area (Å²) in [7, 11) is 2.05. The number of hydrogen-bond acceptors (Lipinski definition) is 3. The summed E-state index contributed by atoms with van der Waals surface area (Å²) < 4.78 is 0. The summed E-state index contributed by atoms with van der Waals surface area (Å²) in [5.74, 6) is 0.662. The molecule has 1 saturated carbocycles. The topological polar surface area (TPSA) is 37.4 Å². The van der Waals surface area contributed by atoms with E-state index in [-0.39, 0.29) is 5.41 Å². The van der Waals surface area contributed by atoms with Gasteiger partial charge >= 0.3 is 0 Å². The molecular weight excluding hydrogens is 178 g/mol. The molecule has 1 heterocycles. The van der Waals surface area contributed by atoms with E-state index in [4.69, 9.17) is 0 Å². The predicted molar refractivity (Wildman–Crippen MR) is 53.0 cm³/mol. The number of hydrogen-bond donors (Lipinski definition) is 0. The second-order valence-electron chi connectivity index (χ2n) is 4.82. The second-order valence-corrected chi connectivity index (χ2v) is 4.82. The molecule has 78 valence electrons. The van der Waals surface area contributed by atoms with Gasteiger partial charge in [0.1, 0.15) is 12.1 Å². The van der Waals surface area contributed by atoms with Crippen LogP contribution in [0.3, 0.4) is 0 Å². The Morgan fingerprint density at radius 2 is 2.36 bits per heavy atom. The van der Waals surface area contributed by atoms with E-state index in [0.717, 1.165) is 32.2 Å². The minimum atomic E-state index is -0.207. The smallest absolute Gasteiger partial charge is 0.133 e. The molecule has 2 rings (SSSR count). The summed E-state index contributed by atoms with van der Waals surface area (Å²) >= 11 is 0. The molecule has 3 nitrogen and oxygen atoms in total. The van der Waals surface area contributed by atoms with E-state index in [1.54, 1.807) is 0 Å². The van der Waals surface area contributed by atoms with Crippen LogP contribution in [0.25, 0.3) is 0 Å². The second kappa shape index (κ2) is 3.46. The SMILES string of the molecule is CN1CC[C@H]2CC(=O)CC[C@@]2(C=O)C1. The summed E-state index contributed by atoms with van der Waals surface area (Å²) in [5, 5.41) is 0. The monoisotopic (exact) mass is 195 g/mol. The third kappa shape index (κ3) is 1.50. The molecule has 0 aromatic rings. The number of carbonyl (C=O) groups excluding carboxylic acids is 2. The molecule has 2 aliphatic rings. The Morgan fingerprint density at radius 3 is 3.07 bits per heavy atom. The third-order valence-corrected chi connectivity index (χ3v) is 3.81. The molecule has 0 N–H and O–H groups in total. The molecule has 0 aromatic heterocycles. The minimum Gasteiger partial charge on any atom is -0.305 e. The van der Waals surface area contributed by atoms with Gasteiger partial charge in [0.25, 0.3) is 0 Å². The van der Waals surface area contributed by atoms with Gasteiger partial charge in [-0.1, -0.05) is 0 Å². The quantitative estimate of drug-likeness (QED) is 0.583. The van der Waals surface area contributed by atoms with E-state index >= 15 is 0 Å². The molecule has 14 heavy (non-hydrogen) atoms. The molecule has 0 radical (unpaired) electrons. The number of aldehydes is 1. The van der Waals surface area contributed by atoms with Gasteiger partial charge < -0.3 is 9.69 Å². The third-order valence-electron chi connectivity index (χ3n) is 3.81. The van der Waals surface area contributed by atoms with Crippen molar-refractivity contribution in [3.05, 3.63) is 0 Å². The molecule has 3 heteroatoms. The Bertz CT molecular complexity index is 264. The molecule has 0 amide bonds. The molecule has 0 bridgehead atoms. The summed E-state index contributed by atoms with van der Waals surface area (Å²) in [5.41, 5.74) is -0.207. The van der Waals surface area contributed by atoms with Crippen LogP contribution in [0, 0.1) is 11.3 Å². The van der Waals surface area contributed by atoms with Gasteiger partial charge in [-0.2, -0.15) is 0 Å². The molecule has 0 aromatic carbocycles. The highest BCUT2D eigenvalue weighted by Crippen LogP contribution is 2.43. The number of piperidine rings is 1. The van der Waals surface area contributed by atoms with Crippen molar-refractivity contribution in [3.8, 4) is 0 Å². The molecule has 2 atom stereocenters. The maximum absolute atomic E-state index is 11.3. The normalized spacial score (nSPS) is 39.2. The first-order chi connectivity index (χ1) is 6.66. The van der Waals surface area contributed by atoms with Gasteiger partial charge in [-0.15, -0.1) is 0 Å². The summed E-state index contributed by atoms with van der Waals surface area (Å²) in [4.78, 5) is 24.8. The lowest BCUT2D eigenvalue weighted by Crippen LogP contribution is -2.51. The largest absolute Gasteiger partial charge is 0.305 e. The van der Waals surface area contributed by atoms with Crippen molar-refractivity contribution < 1.29 is 9.59 Å². The number of carbonyl (C=O) groups is 2. The standard InChI is InChI=1S/C11H17NO2/c1-12-5-3-9-6-10(14)2-4-11(9,7-12)8-13/h8-9H,2-7H2,1H3/t9-,11-/m0/s1. The van der Waals surface area contributed by atoms with Crippen LogP contribution >= 0.6 is 0 Å². The maximum atomic E-state index is 11.3.